The number of hydrogen-bond donors (Lipinski definition) is 4. The summed E-state index contributed by atoms with van der Waals surface area (Å²) in [4.78, 5) is 77.9. The van der Waals surface area contributed by atoms with E-state index < -0.39 is 73.4 Å². The highest BCUT2D eigenvalue weighted by Gasteiger charge is 2.35. The lowest BCUT2D eigenvalue weighted by Crippen LogP contribution is -2.55. The third-order valence-electron chi connectivity index (χ3n) is 7.74. The molecular weight excluding hydrogens is 647 g/mol. The number of carbonyl (C=O) groups excluding carboxylic acids is 4. The molecule has 3 heterocycles. The van der Waals surface area contributed by atoms with E-state index in [-0.39, 0.29) is 63.7 Å². The Labute approximate surface area is 271 Å². The molecule has 1 aromatic heterocycles. The lowest BCUT2D eigenvalue weighted by molar-refractivity contribution is -0.141. The molecule has 0 saturated carbocycles. The van der Waals surface area contributed by atoms with Crippen molar-refractivity contribution < 1.29 is 56.9 Å². The fourth-order valence-electron chi connectivity index (χ4n) is 5.19. The van der Waals surface area contributed by atoms with Gasteiger partial charge in [-0.3, -0.25) is 24.0 Å². The number of piperazine rings is 1. The van der Waals surface area contributed by atoms with Gasteiger partial charge in [0.05, 0.1) is 11.6 Å². The van der Waals surface area contributed by atoms with Gasteiger partial charge in [0.15, 0.2) is 12.3 Å². The van der Waals surface area contributed by atoms with Gasteiger partial charge in [0, 0.05) is 51.8 Å². The van der Waals surface area contributed by atoms with Crippen LogP contribution in [0.3, 0.4) is 0 Å². The van der Waals surface area contributed by atoms with Crippen molar-refractivity contribution >= 4 is 35.7 Å². The van der Waals surface area contributed by atoms with Crippen molar-refractivity contribution in [2.75, 3.05) is 52.4 Å². The van der Waals surface area contributed by atoms with Gasteiger partial charge in [-0.2, -0.15) is 18.3 Å². The number of carboxylic acids is 1. The lowest BCUT2D eigenvalue weighted by Gasteiger charge is -2.35. The molecule has 16 nitrogen and oxygen atoms in total. The highest BCUT2D eigenvalue weighted by Crippen LogP contribution is 2.22. The molecule has 1 aromatic carbocycles. The number of aromatic nitrogens is 2. The molecule has 19 heteroatoms. The number of hydrogen-bond acceptors (Lipinski definition) is 8. The summed E-state index contributed by atoms with van der Waals surface area (Å²) in [6.45, 7) is -1.82. The van der Waals surface area contributed by atoms with E-state index >= 15 is 0 Å². The summed E-state index contributed by atoms with van der Waals surface area (Å²) in [5.74, 6) is -4.87. The number of para-hydroxylation sites is 1. The number of benzene rings is 1. The van der Waals surface area contributed by atoms with E-state index in [1.54, 1.807) is 30.3 Å². The van der Waals surface area contributed by atoms with Crippen LogP contribution in [-0.2, 0) is 19.2 Å². The minimum atomic E-state index is -4.57. The van der Waals surface area contributed by atoms with Crippen molar-refractivity contribution in [2.45, 2.75) is 31.5 Å². The van der Waals surface area contributed by atoms with Crippen molar-refractivity contribution in [2.24, 2.45) is 5.92 Å². The van der Waals surface area contributed by atoms with Gasteiger partial charge in [0.25, 0.3) is 11.8 Å². The molecule has 2 atom stereocenters. The Morgan fingerprint density at radius 2 is 1.62 bits per heavy atom. The molecular formula is C29H34F3N7O9. The van der Waals surface area contributed by atoms with Gasteiger partial charge in [-0.15, -0.1) is 0 Å². The Morgan fingerprint density at radius 1 is 0.958 bits per heavy atom. The van der Waals surface area contributed by atoms with Crippen LogP contribution in [-0.4, -0.2) is 135 Å². The number of nitrogens with one attached hydrogen (secondary N) is 2. The Hall–Kier alpha value is -5.36. The first-order valence-corrected chi connectivity index (χ1v) is 14.9. The number of aliphatic carboxylic acids is 1. The van der Waals surface area contributed by atoms with Crippen LogP contribution in [0.1, 0.15) is 29.8 Å². The first-order valence-electron chi connectivity index (χ1n) is 14.9. The van der Waals surface area contributed by atoms with Gasteiger partial charge >= 0.3 is 18.2 Å². The van der Waals surface area contributed by atoms with E-state index in [1.165, 1.54) is 20.5 Å². The monoisotopic (exact) mass is 681 g/mol. The average molecular weight is 682 g/mol. The van der Waals surface area contributed by atoms with E-state index in [4.69, 9.17) is 4.74 Å². The summed E-state index contributed by atoms with van der Waals surface area (Å²) in [5.41, 5.74) is 0.212. The van der Waals surface area contributed by atoms with Crippen LogP contribution >= 0.6 is 0 Å². The van der Waals surface area contributed by atoms with Crippen LogP contribution in [0.4, 0.5) is 18.0 Å². The molecule has 260 valence electrons. The molecule has 2 unspecified atom stereocenters. The van der Waals surface area contributed by atoms with Crippen LogP contribution in [0.25, 0.3) is 5.69 Å². The predicted octanol–water partition coefficient (Wildman–Crippen LogP) is 0.564. The Morgan fingerprint density at radius 3 is 2.25 bits per heavy atom. The number of likely N-dealkylation sites (tertiary alicyclic amines) is 1. The third-order valence-corrected chi connectivity index (χ3v) is 7.74. The number of nitrogens with zero attached hydrogens (tertiary/aromatic N) is 5. The summed E-state index contributed by atoms with van der Waals surface area (Å²) >= 11 is 0. The molecule has 0 spiro atoms. The minimum Gasteiger partial charge on any atom is -0.481 e. The highest BCUT2D eigenvalue weighted by atomic mass is 19.4. The Balaban J connectivity index is 1.44. The number of carboxylic acid groups (broad SMARTS) is 2. The fourth-order valence-corrected chi connectivity index (χ4v) is 5.19. The second-order valence-electron chi connectivity index (χ2n) is 11.1. The maximum atomic E-state index is 13.4. The lowest BCUT2D eigenvalue weighted by atomic mass is 10.1. The number of ether oxygens (including phenoxy) is 1. The number of amides is 5. The summed E-state index contributed by atoms with van der Waals surface area (Å²) < 4.78 is 44.3. The molecule has 2 aliphatic rings. The molecule has 2 aliphatic heterocycles. The summed E-state index contributed by atoms with van der Waals surface area (Å²) in [6, 6.07) is 8.34. The molecule has 0 aliphatic carbocycles. The number of alkyl halides is 3. The molecule has 4 N–H and O–H groups in total. The first-order chi connectivity index (χ1) is 22.7. The van der Waals surface area contributed by atoms with E-state index in [1.807, 2.05) is 5.32 Å². The van der Waals surface area contributed by atoms with Gasteiger partial charge in [0.2, 0.25) is 17.7 Å². The largest absolute Gasteiger partial charge is 0.481 e. The Kier molecular flexibility index (Phi) is 11.5. The maximum absolute atomic E-state index is 13.4. The zero-order valence-corrected chi connectivity index (χ0v) is 25.5. The number of rotatable bonds is 12. The van der Waals surface area contributed by atoms with E-state index in [9.17, 15) is 52.2 Å². The van der Waals surface area contributed by atoms with E-state index in [2.05, 4.69) is 10.4 Å². The highest BCUT2D eigenvalue weighted by molar-refractivity contribution is 5.96. The van der Waals surface area contributed by atoms with Crippen molar-refractivity contribution in [3.05, 3.63) is 42.1 Å². The number of carbonyl (C=O) groups is 6. The molecule has 2 fully saturated rings. The topological polar surface area (TPSA) is 204 Å². The van der Waals surface area contributed by atoms with Crippen molar-refractivity contribution in [3.63, 3.8) is 0 Å². The van der Waals surface area contributed by atoms with Gasteiger partial charge in [-0.1, -0.05) is 18.2 Å². The van der Waals surface area contributed by atoms with Crippen LogP contribution in [0.2, 0.25) is 0 Å². The molecule has 2 saturated heterocycles. The smallest absolute Gasteiger partial charge is 0.407 e. The second-order valence-corrected chi connectivity index (χ2v) is 11.1. The van der Waals surface area contributed by atoms with Crippen LogP contribution in [0, 0.1) is 5.92 Å². The molecule has 0 radical (unpaired) electrons. The maximum Gasteiger partial charge on any atom is 0.407 e. The second kappa shape index (κ2) is 15.5. The van der Waals surface area contributed by atoms with Gasteiger partial charge in [-0.25, -0.2) is 9.48 Å². The summed E-state index contributed by atoms with van der Waals surface area (Å²) in [7, 11) is 0. The molecule has 0 bridgehead atoms. The molecule has 2 aromatic rings. The van der Waals surface area contributed by atoms with Crippen molar-refractivity contribution in [1.82, 2.24) is 35.1 Å². The zero-order valence-electron chi connectivity index (χ0n) is 25.5. The van der Waals surface area contributed by atoms with Gasteiger partial charge in [-0.05, 0) is 25.0 Å². The van der Waals surface area contributed by atoms with Crippen molar-refractivity contribution in [1.29, 1.82) is 0 Å². The van der Waals surface area contributed by atoms with Crippen LogP contribution in [0.5, 0.6) is 5.88 Å². The number of halogens is 3. The quantitative estimate of drug-likeness (QED) is 0.245. The molecule has 48 heavy (non-hydrogen) atoms. The van der Waals surface area contributed by atoms with Crippen LogP contribution in [0.15, 0.2) is 36.4 Å². The van der Waals surface area contributed by atoms with Crippen LogP contribution < -0.4 is 15.4 Å². The van der Waals surface area contributed by atoms with E-state index in [0.717, 1.165) is 4.90 Å². The van der Waals surface area contributed by atoms with Gasteiger partial charge < -0.3 is 40.3 Å². The first kappa shape index (κ1) is 35.5. The summed E-state index contributed by atoms with van der Waals surface area (Å²) in [5, 5.41) is 27.0. The van der Waals surface area contributed by atoms with Gasteiger partial charge in [0.1, 0.15) is 12.6 Å². The third kappa shape index (κ3) is 9.58. The van der Waals surface area contributed by atoms with Crippen molar-refractivity contribution in [3.8, 4) is 11.6 Å². The standard InChI is InChI=1S/C29H34F3N7O9/c30-29(31,32)17-33-25(43)18-8-9-38(15-18)22(40)16-48-23-14-21(35-39(23)19-4-2-1-3-5-19)26(44)34-20(6-7-24(41)42)27(45)36-10-12-37(13-11-36)28(46)47/h1-5,14,18,20H,6-13,15-17H2,(H,33,43)(H,34,44)(H,41,42)(H,46,47). The normalized spacial score (nSPS) is 17.1. The summed E-state index contributed by atoms with van der Waals surface area (Å²) in [6.07, 6.45) is -6.23. The minimum absolute atomic E-state index is 0.0448. The molecule has 4 rings (SSSR count). The van der Waals surface area contributed by atoms with E-state index in [0.29, 0.717) is 5.69 Å². The fraction of sp³-hybridized carbons (Fsp3) is 0.483. The Bertz CT molecular complexity index is 1510. The average Bonchev–Trinajstić information content (AvgIpc) is 3.73. The molecule has 5 amide bonds. The SMILES string of the molecule is O=C(O)CCC(NC(=O)c1cc(OCC(=O)N2CCC(C(=O)NCC(F)(F)F)C2)n(-c2ccccc2)n1)C(=O)N1CCN(C(=O)O)CC1. The predicted molar refractivity (Wildman–Crippen MR) is 157 cm³/mol. The zero-order chi connectivity index (χ0) is 35.0.